The van der Waals surface area contributed by atoms with E-state index in [0.717, 1.165) is 4.57 Å². The van der Waals surface area contributed by atoms with Gasteiger partial charge in [0.2, 0.25) is 5.82 Å². The van der Waals surface area contributed by atoms with Crippen LogP contribution in [-0.4, -0.2) is 80.7 Å². The first-order valence-corrected chi connectivity index (χ1v) is 9.78. The van der Waals surface area contributed by atoms with Crippen molar-refractivity contribution in [1.82, 2.24) is 30.0 Å². The molecule has 2 aromatic heterocycles. The number of nitrogens with zero attached hydrogens (tertiary/aromatic N) is 5. The Morgan fingerprint density at radius 2 is 2.13 bits per heavy atom. The number of rotatable bonds is 7. The Bertz CT molecular complexity index is 932. The molecule has 1 fully saturated rings. The third-order valence-electron chi connectivity index (χ3n) is 5.07. The lowest BCUT2D eigenvalue weighted by Crippen LogP contribution is -2.43. The number of hydrogen-bond acceptors (Lipinski definition) is 8. The lowest BCUT2D eigenvalue weighted by Gasteiger charge is -2.29. The molecule has 0 aromatic carbocycles. The van der Waals surface area contributed by atoms with Crippen molar-refractivity contribution in [3.63, 3.8) is 0 Å². The molecule has 2 aliphatic heterocycles. The Morgan fingerprint density at radius 3 is 2.84 bits per heavy atom. The molecule has 1 amide bonds. The highest BCUT2D eigenvalue weighted by Gasteiger charge is 2.39. The maximum absolute atomic E-state index is 12.9. The average molecular weight is 441 g/mol. The lowest BCUT2D eigenvalue weighted by atomic mass is 10.2. The average Bonchev–Trinajstić information content (AvgIpc) is 3.13. The van der Waals surface area contributed by atoms with Crippen molar-refractivity contribution in [2.24, 2.45) is 0 Å². The number of alkyl halides is 3. The first-order chi connectivity index (χ1) is 14.8. The molecule has 4 rings (SSSR count). The van der Waals surface area contributed by atoms with Crippen LogP contribution in [0.1, 0.15) is 22.0 Å². The molecular weight excluding hydrogens is 419 g/mol. The number of halogens is 3. The number of anilines is 1. The number of fused-ring (bicyclic) bond motifs is 1. The topological polar surface area (TPSA) is 117 Å². The SMILES string of the molecule is O=C(NC[C@H](O)CN1CCn2c(nnc2C(F)(F)F)C1)c1ccnc(NC2COC2)c1. The van der Waals surface area contributed by atoms with Gasteiger partial charge >= 0.3 is 6.18 Å². The Hall–Kier alpha value is -2.77. The van der Waals surface area contributed by atoms with Crippen molar-refractivity contribution in [3.05, 3.63) is 35.5 Å². The fourth-order valence-electron chi connectivity index (χ4n) is 3.43. The van der Waals surface area contributed by atoms with Crippen molar-refractivity contribution >= 4 is 11.7 Å². The zero-order valence-electron chi connectivity index (χ0n) is 16.5. The highest BCUT2D eigenvalue weighted by atomic mass is 19.4. The fraction of sp³-hybridized carbons (Fsp3) is 0.556. The van der Waals surface area contributed by atoms with Gasteiger partial charge in [-0.1, -0.05) is 0 Å². The van der Waals surface area contributed by atoms with Gasteiger partial charge in [-0.3, -0.25) is 9.69 Å². The number of aromatic nitrogens is 4. The minimum absolute atomic E-state index is 0.00260. The molecular formula is C18H22F3N7O3. The van der Waals surface area contributed by atoms with E-state index < -0.39 is 18.1 Å². The maximum Gasteiger partial charge on any atom is 0.451 e. The Balaban J connectivity index is 1.26. The third kappa shape index (κ3) is 5.11. The van der Waals surface area contributed by atoms with Gasteiger partial charge in [0.05, 0.1) is 31.9 Å². The van der Waals surface area contributed by atoms with Crippen molar-refractivity contribution in [2.75, 3.05) is 38.2 Å². The highest BCUT2D eigenvalue weighted by molar-refractivity contribution is 5.94. The van der Waals surface area contributed by atoms with Crippen LogP contribution in [0.5, 0.6) is 0 Å². The first kappa shape index (κ1) is 21.5. The number of nitrogens with one attached hydrogen (secondary N) is 2. The monoisotopic (exact) mass is 441 g/mol. The Morgan fingerprint density at radius 1 is 1.32 bits per heavy atom. The summed E-state index contributed by atoms with van der Waals surface area (Å²) in [4.78, 5) is 18.3. The minimum Gasteiger partial charge on any atom is -0.390 e. The van der Waals surface area contributed by atoms with Crippen LogP contribution in [0.3, 0.4) is 0 Å². The molecule has 2 aromatic rings. The predicted octanol–water partition coefficient (Wildman–Crippen LogP) is 0.109. The molecule has 0 saturated carbocycles. The van der Waals surface area contributed by atoms with Gasteiger partial charge in [0, 0.05) is 37.9 Å². The van der Waals surface area contributed by atoms with E-state index in [4.69, 9.17) is 4.74 Å². The Labute approximate surface area is 175 Å². The molecule has 10 nitrogen and oxygen atoms in total. The quantitative estimate of drug-likeness (QED) is 0.554. The van der Waals surface area contributed by atoms with Gasteiger partial charge in [0.1, 0.15) is 11.6 Å². The van der Waals surface area contributed by atoms with Crippen LogP contribution in [0.4, 0.5) is 19.0 Å². The van der Waals surface area contributed by atoms with E-state index in [-0.39, 0.29) is 44.0 Å². The molecule has 3 N–H and O–H groups in total. The number of β-amino-alcohol motifs (C(OH)–C–C–N with tert-alkyl or cyclic N) is 1. The molecule has 0 spiro atoms. The largest absolute Gasteiger partial charge is 0.451 e. The molecule has 1 saturated heterocycles. The van der Waals surface area contributed by atoms with Gasteiger partial charge < -0.3 is 25.0 Å². The summed E-state index contributed by atoms with van der Waals surface area (Å²) in [5, 5.41) is 22.9. The van der Waals surface area contributed by atoms with Crippen molar-refractivity contribution in [1.29, 1.82) is 0 Å². The van der Waals surface area contributed by atoms with Crippen LogP contribution < -0.4 is 10.6 Å². The summed E-state index contributed by atoms with van der Waals surface area (Å²) < 4.78 is 44.9. The molecule has 13 heteroatoms. The first-order valence-electron chi connectivity index (χ1n) is 9.78. The second-order valence-corrected chi connectivity index (χ2v) is 7.50. The molecule has 1 atom stereocenters. The number of pyridine rings is 1. The second kappa shape index (κ2) is 8.77. The number of aliphatic hydroxyl groups excluding tert-OH is 1. The molecule has 0 unspecified atom stereocenters. The van der Waals surface area contributed by atoms with E-state index in [2.05, 4.69) is 25.8 Å². The van der Waals surface area contributed by atoms with Crippen LogP contribution in [0, 0.1) is 0 Å². The summed E-state index contributed by atoms with van der Waals surface area (Å²) in [7, 11) is 0. The summed E-state index contributed by atoms with van der Waals surface area (Å²) in [5.74, 6) is -0.603. The summed E-state index contributed by atoms with van der Waals surface area (Å²) in [5.41, 5.74) is 0.399. The molecule has 2 aliphatic rings. The van der Waals surface area contributed by atoms with Crippen molar-refractivity contribution < 1.29 is 27.8 Å². The Kier molecular flexibility index (Phi) is 6.07. The number of ether oxygens (including phenoxy) is 1. The van der Waals surface area contributed by atoms with E-state index >= 15 is 0 Å². The van der Waals surface area contributed by atoms with Gasteiger partial charge in [-0.2, -0.15) is 13.2 Å². The lowest BCUT2D eigenvalue weighted by molar-refractivity contribution is -0.148. The van der Waals surface area contributed by atoms with Crippen LogP contribution in [0.15, 0.2) is 18.3 Å². The van der Waals surface area contributed by atoms with Gasteiger partial charge in [-0.05, 0) is 12.1 Å². The van der Waals surface area contributed by atoms with Gasteiger partial charge in [-0.15, -0.1) is 10.2 Å². The zero-order chi connectivity index (χ0) is 22.0. The number of aliphatic hydroxyl groups is 1. The van der Waals surface area contributed by atoms with Gasteiger partial charge in [-0.25, -0.2) is 4.98 Å². The van der Waals surface area contributed by atoms with Crippen molar-refractivity contribution in [2.45, 2.75) is 31.4 Å². The highest BCUT2D eigenvalue weighted by Crippen LogP contribution is 2.29. The standard InChI is InChI=1S/C18H22F3N7O3/c19-18(20,21)17-26-25-15-8-27(3-4-28(15)17)7-13(29)6-23-16(30)11-1-2-22-14(5-11)24-12-9-31-10-12/h1-2,5,12-13,29H,3-4,6-10H2,(H,22,24)(H,23,30)/t13-/m0/s1. The molecule has 168 valence electrons. The van der Waals surface area contributed by atoms with Crippen LogP contribution in [0.2, 0.25) is 0 Å². The van der Waals surface area contributed by atoms with Crippen LogP contribution >= 0.6 is 0 Å². The molecule has 0 aliphatic carbocycles. The van der Waals surface area contributed by atoms with E-state index in [0.29, 0.717) is 31.1 Å². The zero-order valence-corrected chi connectivity index (χ0v) is 16.5. The predicted molar refractivity (Wildman–Crippen MR) is 101 cm³/mol. The van der Waals surface area contributed by atoms with Crippen molar-refractivity contribution in [3.8, 4) is 0 Å². The van der Waals surface area contributed by atoms with Crippen LogP contribution in [0.25, 0.3) is 0 Å². The van der Waals surface area contributed by atoms with E-state index in [1.165, 1.54) is 6.20 Å². The van der Waals surface area contributed by atoms with E-state index in [1.807, 2.05) is 0 Å². The summed E-state index contributed by atoms with van der Waals surface area (Å²) in [6.45, 7) is 1.89. The summed E-state index contributed by atoms with van der Waals surface area (Å²) >= 11 is 0. The number of amides is 1. The van der Waals surface area contributed by atoms with Crippen LogP contribution in [-0.2, 0) is 24.0 Å². The molecule has 0 bridgehead atoms. The molecule has 31 heavy (non-hydrogen) atoms. The number of carbonyl (C=O) groups is 1. The smallest absolute Gasteiger partial charge is 0.390 e. The normalized spacial score (nSPS) is 18.2. The number of hydrogen-bond donors (Lipinski definition) is 3. The maximum atomic E-state index is 12.9. The minimum atomic E-state index is -4.55. The van der Waals surface area contributed by atoms with Gasteiger partial charge in [0.15, 0.2) is 0 Å². The third-order valence-corrected chi connectivity index (χ3v) is 5.07. The molecule has 4 heterocycles. The summed E-state index contributed by atoms with van der Waals surface area (Å²) in [6.07, 6.45) is -3.93. The van der Waals surface area contributed by atoms with Gasteiger partial charge in [0.25, 0.3) is 5.91 Å². The fourth-order valence-corrected chi connectivity index (χ4v) is 3.43. The van der Waals surface area contributed by atoms with E-state index in [9.17, 15) is 23.1 Å². The molecule has 0 radical (unpaired) electrons. The second-order valence-electron chi connectivity index (χ2n) is 7.50. The summed E-state index contributed by atoms with van der Waals surface area (Å²) in [6, 6.07) is 3.37. The van der Waals surface area contributed by atoms with E-state index in [1.54, 1.807) is 17.0 Å². The number of carbonyl (C=O) groups excluding carboxylic acids is 1.